The molecule has 1 heterocycles. The van der Waals surface area contributed by atoms with Gasteiger partial charge in [-0.25, -0.2) is 0 Å². The van der Waals surface area contributed by atoms with Gasteiger partial charge in [-0.05, 0) is 53.4 Å². The molecule has 24 heavy (non-hydrogen) atoms. The van der Waals surface area contributed by atoms with Crippen LogP contribution in [0.15, 0.2) is 6.20 Å². The van der Waals surface area contributed by atoms with E-state index in [1.54, 1.807) is 7.11 Å². The molecule has 0 aliphatic heterocycles. The van der Waals surface area contributed by atoms with Gasteiger partial charge in [-0.2, -0.15) is 5.10 Å². The number of aromatic nitrogens is 2. The molecule has 6 heteroatoms. The Bertz CT molecular complexity index is 548. The van der Waals surface area contributed by atoms with E-state index in [1.807, 2.05) is 13.1 Å². The lowest BCUT2D eigenvalue weighted by Gasteiger charge is -2.29. The zero-order chi connectivity index (χ0) is 17.7. The van der Waals surface area contributed by atoms with E-state index in [0.29, 0.717) is 13.2 Å². The smallest absolute Gasteiger partial charge is 0.236 e. The summed E-state index contributed by atoms with van der Waals surface area (Å²) in [5, 5.41) is 11.0. The fourth-order valence-corrected chi connectivity index (χ4v) is 3.27. The molecule has 0 bridgehead atoms. The fourth-order valence-electron chi connectivity index (χ4n) is 3.27. The lowest BCUT2D eigenvalue weighted by Crippen LogP contribution is -2.44. The van der Waals surface area contributed by atoms with Gasteiger partial charge in [0.25, 0.3) is 0 Å². The molecular formula is C18H32N4O2. The predicted molar refractivity (Wildman–Crippen MR) is 95.0 cm³/mol. The number of nitrogens with zero attached hydrogens (tertiary/aromatic N) is 2. The normalized spacial score (nSPS) is 19.0. The number of hydrogen-bond acceptors (Lipinski definition) is 4. The van der Waals surface area contributed by atoms with Crippen molar-refractivity contribution in [1.82, 2.24) is 20.4 Å². The molecular weight excluding hydrogens is 304 g/mol. The number of methoxy groups -OCH3 is 1. The minimum Gasteiger partial charge on any atom is -0.385 e. The van der Waals surface area contributed by atoms with Crippen molar-refractivity contribution in [3.8, 4) is 0 Å². The Balaban J connectivity index is 1.97. The van der Waals surface area contributed by atoms with Gasteiger partial charge in [0.1, 0.15) is 0 Å². The SMILES string of the molecule is COCCCNC(=O)C(C)NC1CCCc2c1cnn2C(C)(C)C. The summed E-state index contributed by atoms with van der Waals surface area (Å²) < 4.78 is 7.13. The van der Waals surface area contributed by atoms with E-state index in [4.69, 9.17) is 4.74 Å². The van der Waals surface area contributed by atoms with Crippen molar-refractivity contribution in [2.45, 2.75) is 71.0 Å². The first-order valence-electron chi connectivity index (χ1n) is 8.94. The molecule has 1 aromatic rings. The quantitative estimate of drug-likeness (QED) is 0.749. The van der Waals surface area contributed by atoms with E-state index in [-0.39, 0.29) is 23.5 Å². The van der Waals surface area contributed by atoms with E-state index < -0.39 is 0 Å². The topological polar surface area (TPSA) is 68.2 Å². The molecule has 2 rings (SSSR count). The van der Waals surface area contributed by atoms with Gasteiger partial charge >= 0.3 is 0 Å². The van der Waals surface area contributed by atoms with Crippen LogP contribution in [0.2, 0.25) is 0 Å². The van der Waals surface area contributed by atoms with Crippen LogP contribution in [0.3, 0.4) is 0 Å². The molecule has 1 amide bonds. The number of hydrogen-bond donors (Lipinski definition) is 2. The third kappa shape index (κ3) is 4.57. The second-order valence-electron chi connectivity index (χ2n) is 7.60. The Morgan fingerprint density at radius 3 is 2.92 bits per heavy atom. The van der Waals surface area contributed by atoms with Gasteiger partial charge in [-0.15, -0.1) is 0 Å². The minimum absolute atomic E-state index is 0.0141. The van der Waals surface area contributed by atoms with Crippen LogP contribution in [0.4, 0.5) is 0 Å². The first kappa shape index (κ1) is 18.9. The maximum atomic E-state index is 12.2. The summed E-state index contributed by atoms with van der Waals surface area (Å²) in [5.74, 6) is 0.0430. The molecule has 0 spiro atoms. The molecule has 0 saturated carbocycles. The van der Waals surface area contributed by atoms with Crippen LogP contribution >= 0.6 is 0 Å². The Labute approximate surface area is 145 Å². The van der Waals surface area contributed by atoms with Crippen LogP contribution in [0.25, 0.3) is 0 Å². The maximum absolute atomic E-state index is 12.2. The van der Waals surface area contributed by atoms with Crippen LogP contribution in [-0.4, -0.2) is 42.0 Å². The highest BCUT2D eigenvalue weighted by molar-refractivity contribution is 5.81. The minimum atomic E-state index is -0.221. The van der Waals surface area contributed by atoms with Gasteiger partial charge in [0.2, 0.25) is 5.91 Å². The number of carbonyl (C=O) groups excluding carboxylic acids is 1. The Morgan fingerprint density at radius 1 is 1.50 bits per heavy atom. The van der Waals surface area contributed by atoms with Gasteiger partial charge < -0.3 is 10.1 Å². The average molecular weight is 336 g/mol. The molecule has 1 aromatic heterocycles. The van der Waals surface area contributed by atoms with Crippen LogP contribution in [0, 0.1) is 0 Å². The summed E-state index contributed by atoms with van der Waals surface area (Å²) in [6, 6.07) is -0.0222. The average Bonchev–Trinajstić information content (AvgIpc) is 2.96. The lowest BCUT2D eigenvalue weighted by molar-refractivity contribution is -0.123. The van der Waals surface area contributed by atoms with E-state index in [0.717, 1.165) is 25.7 Å². The highest BCUT2D eigenvalue weighted by Crippen LogP contribution is 2.32. The number of fused-ring (bicyclic) bond motifs is 1. The Kier molecular flexibility index (Phi) is 6.40. The molecule has 2 atom stereocenters. The molecule has 2 N–H and O–H groups in total. The van der Waals surface area contributed by atoms with Crippen LogP contribution in [0.5, 0.6) is 0 Å². The summed E-state index contributed by atoms with van der Waals surface area (Å²) in [5.41, 5.74) is 2.54. The first-order valence-corrected chi connectivity index (χ1v) is 8.94. The van der Waals surface area contributed by atoms with E-state index in [2.05, 4.69) is 41.2 Å². The summed E-state index contributed by atoms with van der Waals surface area (Å²) >= 11 is 0. The second-order valence-corrected chi connectivity index (χ2v) is 7.60. The number of nitrogens with one attached hydrogen (secondary N) is 2. The van der Waals surface area contributed by atoms with Crippen molar-refractivity contribution >= 4 is 5.91 Å². The standard InChI is InChI=1S/C18H32N4O2/c1-13(17(23)19-10-7-11-24-5)21-15-8-6-9-16-14(15)12-20-22(16)18(2,3)4/h12-13,15,21H,6-11H2,1-5H3,(H,19,23). The van der Waals surface area contributed by atoms with Crippen molar-refractivity contribution in [3.63, 3.8) is 0 Å². The van der Waals surface area contributed by atoms with Gasteiger partial charge in [0.05, 0.1) is 17.8 Å². The van der Waals surface area contributed by atoms with Gasteiger partial charge in [-0.3, -0.25) is 14.8 Å². The number of amides is 1. The number of ether oxygens (including phenoxy) is 1. The maximum Gasteiger partial charge on any atom is 0.236 e. The predicted octanol–water partition coefficient (Wildman–Crippen LogP) is 2.15. The van der Waals surface area contributed by atoms with Crippen molar-refractivity contribution < 1.29 is 9.53 Å². The molecule has 136 valence electrons. The fraction of sp³-hybridized carbons (Fsp3) is 0.778. The van der Waals surface area contributed by atoms with E-state index >= 15 is 0 Å². The number of carbonyl (C=O) groups is 1. The highest BCUT2D eigenvalue weighted by atomic mass is 16.5. The largest absolute Gasteiger partial charge is 0.385 e. The number of rotatable bonds is 7. The van der Waals surface area contributed by atoms with Crippen molar-refractivity contribution in [2.24, 2.45) is 0 Å². The molecule has 1 aliphatic carbocycles. The molecule has 6 nitrogen and oxygen atoms in total. The molecule has 0 fully saturated rings. The third-order valence-electron chi connectivity index (χ3n) is 4.49. The van der Waals surface area contributed by atoms with Gasteiger partial charge in [0, 0.05) is 37.6 Å². The van der Waals surface area contributed by atoms with Crippen molar-refractivity contribution in [3.05, 3.63) is 17.5 Å². The van der Waals surface area contributed by atoms with Gasteiger partial charge in [0.15, 0.2) is 0 Å². The van der Waals surface area contributed by atoms with E-state index in [1.165, 1.54) is 11.3 Å². The summed E-state index contributed by atoms with van der Waals surface area (Å²) in [7, 11) is 1.67. The van der Waals surface area contributed by atoms with Crippen LogP contribution < -0.4 is 10.6 Å². The monoisotopic (exact) mass is 336 g/mol. The Hall–Kier alpha value is -1.40. The van der Waals surface area contributed by atoms with E-state index in [9.17, 15) is 4.79 Å². The zero-order valence-electron chi connectivity index (χ0n) is 15.7. The molecule has 0 radical (unpaired) electrons. The van der Waals surface area contributed by atoms with Gasteiger partial charge in [-0.1, -0.05) is 0 Å². The second kappa shape index (κ2) is 8.12. The highest BCUT2D eigenvalue weighted by Gasteiger charge is 2.29. The zero-order valence-corrected chi connectivity index (χ0v) is 15.7. The van der Waals surface area contributed by atoms with Crippen molar-refractivity contribution in [2.75, 3.05) is 20.3 Å². The lowest BCUT2D eigenvalue weighted by atomic mass is 9.91. The molecule has 1 aliphatic rings. The summed E-state index contributed by atoms with van der Waals surface area (Å²) in [4.78, 5) is 12.2. The van der Waals surface area contributed by atoms with Crippen molar-refractivity contribution in [1.29, 1.82) is 0 Å². The molecule has 0 aromatic carbocycles. The summed E-state index contributed by atoms with van der Waals surface area (Å²) in [6.07, 6.45) is 6.03. The first-order chi connectivity index (χ1) is 11.3. The van der Waals surface area contributed by atoms with Crippen LogP contribution in [0.1, 0.15) is 64.3 Å². The van der Waals surface area contributed by atoms with Crippen LogP contribution in [-0.2, 0) is 21.5 Å². The Morgan fingerprint density at radius 2 is 2.25 bits per heavy atom. The molecule has 0 saturated heterocycles. The summed E-state index contributed by atoms with van der Waals surface area (Å²) in [6.45, 7) is 9.76. The molecule has 2 unspecified atom stereocenters. The third-order valence-corrected chi connectivity index (χ3v) is 4.49.